The second-order valence-corrected chi connectivity index (χ2v) is 3.48. The van der Waals surface area contributed by atoms with E-state index in [9.17, 15) is 13.2 Å². The molecule has 0 spiro atoms. The number of alkyl halides is 3. The number of aryl methyl sites for hydroxylation is 1. The highest BCUT2D eigenvalue weighted by atomic mass is 19.4. The molecule has 2 aromatic heterocycles. The van der Waals surface area contributed by atoms with Gasteiger partial charge in [-0.2, -0.15) is 18.3 Å². The number of pyridine rings is 1. The lowest BCUT2D eigenvalue weighted by atomic mass is 10.2. The molecule has 0 unspecified atom stereocenters. The van der Waals surface area contributed by atoms with Gasteiger partial charge >= 0.3 is 6.18 Å². The molecule has 0 aliphatic carbocycles. The maximum Gasteiger partial charge on any atom is 0.408 e. The van der Waals surface area contributed by atoms with Gasteiger partial charge in [-0.05, 0) is 6.92 Å². The van der Waals surface area contributed by atoms with E-state index in [2.05, 4.69) is 10.1 Å². The molecule has 0 saturated heterocycles. The molecule has 2 N–H and O–H groups in total. The number of hydrogen-bond acceptors (Lipinski definition) is 3. The van der Waals surface area contributed by atoms with Crippen molar-refractivity contribution in [3.63, 3.8) is 0 Å². The standard InChI is InChI=1S/C9H9F3N4/c1-5-8-6(13)2-14-3-7(8)16(15-5)4-9(10,11)12/h2-3H,4,13H2,1H3. The Balaban J connectivity index is 2.60. The Kier molecular flexibility index (Phi) is 2.25. The SMILES string of the molecule is Cc1nn(CC(F)(F)F)c2cncc(N)c12. The van der Waals surface area contributed by atoms with Crippen molar-refractivity contribution in [3.8, 4) is 0 Å². The highest BCUT2D eigenvalue weighted by Gasteiger charge is 2.29. The summed E-state index contributed by atoms with van der Waals surface area (Å²) in [7, 11) is 0. The Morgan fingerprint density at radius 1 is 1.38 bits per heavy atom. The number of halogens is 3. The number of nitrogens with zero attached hydrogens (tertiary/aromatic N) is 3. The van der Waals surface area contributed by atoms with Crippen LogP contribution in [0.3, 0.4) is 0 Å². The van der Waals surface area contributed by atoms with Gasteiger partial charge in [-0.25, -0.2) is 0 Å². The monoisotopic (exact) mass is 230 g/mol. The molecule has 2 aromatic rings. The third-order valence-electron chi connectivity index (χ3n) is 2.19. The summed E-state index contributed by atoms with van der Waals surface area (Å²) >= 11 is 0. The van der Waals surface area contributed by atoms with Crippen LogP contribution in [0.25, 0.3) is 10.9 Å². The first kappa shape index (κ1) is 10.7. The topological polar surface area (TPSA) is 56.7 Å². The van der Waals surface area contributed by atoms with Crippen LogP contribution in [0.2, 0.25) is 0 Å². The second kappa shape index (κ2) is 3.36. The van der Waals surface area contributed by atoms with E-state index in [0.717, 1.165) is 4.68 Å². The molecule has 0 atom stereocenters. The Hall–Kier alpha value is -1.79. The Labute approximate surface area is 88.9 Å². The predicted octanol–water partition coefficient (Wildman–Crippen LogP) is 1.88. The minimum Gasteiger partial charge on any atom is -0.397 e. The number of hydrogen-bond donors (Lipinski definition) is 1. The first-order valence-electron chi connectivity index (χ1n) is 4.52. The molecule has 0 amide bonds. The molecule has 0 radical (unpaired) electrons. The van der Waals surface area contributed by atoms with Crippen molar-refractivity contribution in [1.29, 1.82) is 0 Å². The average Bonchev–Trinajstić information content (AvgIpc) is 2.42. The quantitative estimate of drug-likeness (QED) is 0.813. The van der Waals surface area contributed by atoms with E-state index in [1.165, 1.54) is 12.4 Å². The van der Waals surface area contributed by atoms with Gasteiger partial charge in [0.1, 0.15) is 6.54 Å². The van der Waals surface area contributed by atoms with Gasteiger partial charge < -0.3 is 5.73 Å². The molecule has 16 heavy (non-hydrogen) atoms. The summed E-state index contributed by atoms with van der Waals surface area (Å²) in [4.78, 5) is 3.76. The number of anilines is 1. The number of nitrogen functional groups attached to an aromatic ring is 1. The zero-order valence-corrected chi connectivity index (χ0v) is 8.41. The van der Waals surface area contributed by atoms with Crippen LogP contribution < -0.4 is 5.73 Å². The Morgan fingerprint density at radius 3 is 2.69 bits per heavy atom. The van der Waals surface area contributed by atoms with E-state index in [1.807, 2.05) is 0 Å². The fourth-order valence-corrected chi connectivity index (χ4v) is 1.63. The van der Waals surface area contributed by atoms with Crippen LogP contribution in [0.1, 0.15) is 5.69 Å². The van der Waals surface area contributed by atoms with Gasteiger partial charge in [-0.15, -0.1) is 0 Å². The van der Waals surface area contributed by atoms with Gasteiger partial charge in [0.25, 0.3) is 0 Å². The van der Waals surface area contributed by atoms with E-state index in [0.29, 0.717) is 22.3 Å². The summed E-state index contributed by atoms with van der Waals surface area (Å²) < 4.78 is 37.7. The Morgan fingerprint density at radius 2 is 2.06 bits per heavy atom. The zero-order valence-electron chi connectivity index (χ0n) is 8.41. The molecule has 0 bridgehead atoms. The normalized spacial score (nSPS) is 12.2. The molecule has 86 valence electrons. The van der Waals surface area contributed by atoms with Crippen LogP contribution in [-0.2, 0) is 6.54 Å². The van der Waals surface area contributed by atoms with Crippen LogP contribution >= 0.6 is 0 Å². The smallest absolute Gasteiger partial charge is 0.397 e. The first-order chi connectivity index (χ1) is 7.38. The summed E-state index contributed by atoms with van der Waals surface area (Å²) in [6.07, 6.45) is -1.58. The lowest BCUT2D eigenvalue weighted by Gasteiger charge is -2.07. The molecule has 0 fully saturated rings. The number of fused-ring (bicyclic) bond motifs is 1. The molecule has 7 heteroatoms. The minimum absolute atomic E-state index is 0.301. The number of aromatic nitrogens is 3. The van der Waals surface area contributed by atoms with E-state index in [-0.39, 0.29) is 0 Å². The van der Waals surface area contributed by atoms with Crippen molar-refractivity contribution in [2.45, 2.75) is 19.6 Å². The Bertz CT molecular complexity index is 529. The molecule has 2 rings (SSSR count). The van der Waals surface area contributed by atoms with Crippen molar-refractivity contribution >= 4 is 16.6 Å². The van der Waals surface area contributed by atoms with Crippen molar-refractivity contribution < 1.29 is 13.2 Å². The first-order valence-corrected chi connectivity index (χ1v) is 4.52. The lowest BCUT2D eigenvalue weighted by Crippen LogP contribution is -2.18. The van der Waals surface area contributed by atoms with Crippen molar-refractivity contribution in [2.75, 3.05) is 5.73 Å². The summed E-state index contributed by atoms with van der Waals surface area (Å²) in [5.41, 5.74) is 6.75. The maximum absolute atomic E-state index is 12.3. The van der Waals surface area contributed by atoms with Crippen molar-refractivity contribution in [3.05, 3.63) is 18.1 Å². The third kappa shape index (κ3) is 1.80. The predicted molar refractivity (Wildman–Crippen MR) is 52.7 cm³/mol. The van der Waals surface area contributed by atoms with Gasteiger partial charge in [-0.1, -0.05) is 0 Å². The van der Waals surface area contributed by atoms with Gasteiger partial charge in [0, 0.05) is 5.39 Å². The van der Waals surface area contributed by atoms with E-state index >= 15 is 0 Å². The molecule has 2 heterocycles. The molecule has 0 saturated carbocycles. The zero-order chi connectivity index (χ0) is 11.9. The van der Waals surface area contributed by atoms with Crippen LogP contribution in [0.5, 0.6) is 0 Å². The molecular formula is C9H9F3N4. The molecule has 0 aromatic carbocycles. The summed E-state index contributed by atoms with van der Waals surface area (Å²) in [6, 6.07) is 0. The van der Waals surface area contributed by atoms with Gasteiger partial charge in [0.05, 0.1) is 29.3 Å². The number of nitrogens with two attached hydrogens (primary N) is 1. The van der Waals surface area contributed by atoms with Crippen molar-refractivity contribution in [2.24, 2.45) is 0 Å². The fraction of sp³-hybridized carbons (Fsp3) is 0.333. The molecule has 0 aliphatic heterocycles. The van der Waals surface area contributed by atoms with Crippen LogP contribution in [-0.4, -0.2) is 20.9 Å². The van der Waals surface area contributed by atoms with Crippen LogP contribution in [0, 0.1) is 6.92 Å². The third-order valence-corrected chi connectivity index (χ3v) is 2.19. The fourth-order valence-electron chi connectivity index (χ4n) is 1.63. The summed E-state index contributed by atoms with van der Waals surface area (Å²) in [5, 5.41) is 4.34. The molecule has 0 aliphatic rings. The van der Waals surface area contributed by atoms with Gasteiger partial charge in [0.2, 0.25) is 0 Å². The van der Waals surface area contributed by atoms with Crippen molar-refractivity contribution in [1.82, 2.24) is 14.8 Å². The van der Waals surface area contributed by atoms with E-state index < -0.39 is 12.7 Å². The largest absolute Gasteiger partial charge is 0.408 e. The molecule has 4 nitrogen and oxygen atoms in total. The molecular weight excluding hydrogens is 221 g/mol. The highest BCUT2D eigenvalue weighted by molar-refractivity contribution is 5.91. The minimum atomic E-state index is -4.31. The van der Waals surface area contributed by atoms with Gasteiger partial charge in [-0.3, -0.25) is 9.67 Å². The maximum atomic E-state index is 12.3. The second-order valence-electron chi connectivity index (χ2n) is 3.48. The van der Waals surface area contributed by atoms with Crippen LogP contribution in [0.15, 0.2) is 12.4 Å². The summed E-state index contributed by atoms with van der Waals surface area (Å²) in [5.74, 6) is 0. The average molecular weight is 230 g/mol. The lowest BCUT2D eigenvalue weighted by molar-refractivity contribution is -0.141. The van der Waals surface area contributed by atoms with E-state index in [1.54, 1.807) is 6.92 Å². The summed E-state index contributed by atoms with van der Waals surface area (Å²) in [6.45, 7) is 0.480. The number of rotatable bonds is 1. The highest BCUT2D eigenvalue weighted by Crippen LogP contribution is 2.26. The van der Waals surface area contributed by atoms with Gasteiger partial charge in [0.15, 0.2) is 0 Å². The van der Waals surface area contributed by atoms with E-state index in [4.69, 9.17) is 5.73 Å². The van der Waals surface area contributed by atoms with Crippen LogP contribution in [0.4, 0.5) is 18.9 Å².